The average Bonchev–Trinajstić information content (AvgIpc) is 3.74. The summed E-state index contributed by atoms with van der Waals surface area (Å²) in [4.78, 5) is 20.3. The van der Waals surface area contributed by atoms with Crippen LogP contribution in [0.3, 0.4) is 0 Å². The third kappa shape index (κ3) is 7.87. The molecule has 16 heteroatoms. The summed E-state index contributed by atoms with van der Waals surface area (Å²) in [6.07, 6.45) is -6.76. The maximum absolute atomic E-state index is 14.7. The number of nitrogens with two attached hydrogens (primary N) is 1. The van der Waals surface area contributed by atoms with Gasteiger partial charge in [0.1, 0.15) is 61.6 Å². The van der Waals surface area contributed by atoms with Crippen molar-refractivity contribution in [1.82, 2.24) is 5.32 Å². The smallest absolute Gasteiger partial charge is 0.247 e. The van der Waals surface area contributed by atoms with Crippen LogP contribution in [-0.2, 0) is 35.2 Å². The zero-order chi connectivity index (χ0) is 35.5. The predicted molar refractivity (Wildman–Crippen MR) is 176 cm³/mol. The second-order valence-corrected chi connectivity index (χ2v) is 12.8. The monoisotopic (exact) mass is 702 g/mol. The standard InChI is InChI=1S/C34H43FN4O11/c1-17(34(44)37-27-28(41)30(43)33-32(29(27)42)46-16-47-33)11-19-4-6-25(22(36)13-19)49-26-14-24(40)31(50-26)18(2)38-48-15-20-3-5-23(21(35)12-20)39-7-9-45-10-8-39/h3-6,11-13,24,26-33,40-43H,7-10,14-16,36H2,1-2H3,(H,37,44)/t24-,26+,27+,28-,29+,30+,31+,32-,33+/m0/s1. The van der Waals surface area contributed by atoms with E-state index in [4.69, 9.17) is 34.3 Å². The van der Waals surface area contributed by atoms with Crippen LogP contribution < -0.4 is 20.7 Å². The van der Waals surface area contributed by atoms with Gasteiger partial charge in [0.25, 0.3) is 0 Å². The fraction of sp³-hybridized carbons (Fsp3) is 0.529. The first-order valence-electron chi connectivity index (χ1n) is 16.4. The number of anilines is 2. The maximum atomic E-state index is 14.7. The molecule has 0 unspecified atom stereocenters. The average molecular weight is 703 g/mol. The summed E-state index contributed by atoms with van der Waals surface area (Å²) in [5.41, 5.74) is 8.80. The number of nitrogens with one attached hydrogen (secondary N) is 1. The van der Waals surface area contributed by atoms with E-state index in [0.717, 1.165) is 0 Å². The lowest BCUT2D eigenvalue weighted by Gasteiger charge is -2.41. The molecule has 1 aliphatic carbocycles. The number of carbonyl (C=O) groups excluding carboxylic acids is 1. The summed E-state index contributed by atoms with van der Waals surface area (Å²) in [5, 5.41) is 48.8. The van der Waals surface area contributed by atoms with Gasteiger partial charge in [-0.15, -0.1) is 0 Å². The normalized spacial score (nSPS) is 31.7. The summed E-state index contributed by atoms with van der Waals surface area (Å²) in [6.45, 7) is 5.46. The van der Waals surface area contributed by atoms with Gasteiger partial charge in [-0.2, -0.15) is 0 Å². The van der Waals surface area contributed by atoms with Crippen LogP contribution in [0.5, 0.6) is 5.75 Å². The third-order valence-corrected chi connectivity index (χ3v) is 9.23. The largest absolute Gasteiger partial charge is 0.463 e. The van der Waals surface area contributed by atoms with Crippen LogP contribution >= 0.6 is 0 Å². The van der Waals surface area contributed by atoms with Crippen molar-refractivity contribution in [2.45, 2.75) is 81.9 Å². The number of carbonyl (C=O) groups is 1. The number of oxime groups is 1. The molecule has 4 fully saturated rings. The molecule has 0 radical (unpaired) electrons. The summed E-state index contributed by atoms with van der Waals surface area (Å²) in [7, 11) is 0. The van der Waals surface area contributed by atoms with Crippen molar-refractivity contribution in [1.29, 1.82) is 0 Å². The molecule has 2 aromatic carbocycles. The molecule has 50 heavy (non-hydrogen) atoms. The molecule has 9 atom stereocenters. The Morgan fingerprint density at radius 1 is 1.06 bits per heavy atom. The van der Waals surface area contributed by atoms with E-state index in [1.807, 2.05) is 4.90 Å². The van der Waals surface area contributed by atoms with E-state index in [9.17, 15) is 29.6 Å². The van der Waals surface area contributed by atoms with Crippen LogP contribution in [0.4, 0.5) is 15.8 Å². The SMILES string of the molecule is CC(=Cc1ccc(O[C@H]2C[C@H](O)[C@@H](C(C)=NOCc3ccc(N4CCOCC4)c(F)c3)O2)c(N)c1)C(=O)N[C@@H]1[C@H](O)[C@@H](O)[C@H]2OCO[C@H]2[C@@H]1O. The molecule has 1 saturated carbocycles. The van der Waals surface area contributed by atoms with Gasteiger partial charge in [-0.25, -0.2) is 4.39 Å². The number of nitrogen functional groups attached to an aromatic ring is 1. The van der Waals surface area contributed by atoms with E-state index >= 15 is 0 Å². The van der Waals surface area contributed by atoms with Gasteiger partial charge in [-0.05, 0) is 55.3 Å². The minimum Gasteiger partial charge on any atom is -0.463 e. The van der Waals surface area contributed by atoms with E-state index in [1.54, 1.807) is 50.3 Å². The fourth-order valence-corrected chi connectivity index (χ4v) is 6.49. The first-order valence-corrected chi connectivity index (χ1v) is 16.4. The van der Waals surface area contributed by atoms with Crippen molar-refractivity contribution < 1.29 is 58.1 Å². The predicted octanol–water partition coefficient (Wildman–Crippen LogP) is 0.418. The Morgan fingerprint density at radius 3 is 2.52 bits per heavy atom. The minimum absolute atomic E-state index is 0.0255. The molecule has 2 aromatic rings. The van der Waals surface area contributed by atoms with Gasteiger partial charge in [0, 0.05) is 25.1 Å². The van der Waals surface area contributed by atoms with Crippen LogP contribution in [0.1, 0.15) is 31.4 Å². The molecule has 272 valence electrons. The number of rotatable bonds is 10. The highest BCUT2D eigenvalue weighted by molar-refractivity contribution is 5.97. The zero-order valence-corrected chi connectivity index (χ0v) is 27.7. The van der Waals surface area contributed by atoms with Crippen molar-refractivity contribution in [3.8, 4) is 5.75 Å². The molecule has 6 rings (SSSR count). The topological polar surface area (TPSA) is 207 Å². The molecule has 0 spiro atoms. The molecule has 0 bridgehead atoms. The molecule has 3 aliphatic heterocycles. The van der Waals surface area contributed by atoms with Crippen LogP contribution in [0.25, 0.3) is 6.08 Å². The Kier molecular flexibility index (Phi) is 11.2. The van der Waals surface area contributed by atoms with E-state index in [-0.39, 0.29) is 36.9 Å². The van der Waals surface area contributed by atoms with Crippen LogP contribution in [0.2, 0.25) is 0 Å². The first kappa shape index (κ1) is 35.9. The lowest BCUT2D eigenvalue weighted by atomic mass is 9.83. The van der Waals surface area contributed by atoms with Gasteiger partial charge in [0.15, 0.2) is 0 Å². The van der Waals surface area contributed by atoms with Crippen molar-refractivity contribution in [3.05, 3.63) is 58.9 Å². The number of fused-ring (bicyclic) bond motifs is 1. The summed E-state index contributed by atoms with van der Waals surface area (Å²) >= 11 is 0. The molecule has 4 aliphatic rings. The van der Waals surface area contributed by atoms with E-state index in [2.05, 4.69) is 10.5 Å². The number of aliphatic hydroxyl groups excluding tert-OH is 4. The van der Waals surface area contributed by atoms with Gasteiger partial charge in [-0.1, -0.05) is 17.3 Å². The van der Waals surface area contributed by atoms with Gasteiger partial charge in [0.05, 0.1) is 42.4 Å². The lowest BCUT2D eigenvalue weighted by Crippen LogP contribution is -2.67. The van der Waals surface area contributed by atoms with E-state index in [0.29, 0.717) is 54.6 Å². The Labute approximate surface area is 287 Å². The highest BCUT2D eigenvalue weighted by atomic mass is 19.1. The Morgan fingerprint density at radius 2 is 1.80 bits per heavy atom. The number of hydrogen-bond donors (Lipinski definition) is 6. The van der Waals surface area contributed by atoms with Crippen molar-refractivity contribution in [3.63, 3.8) is 0 Å². The summed E-state index contributed by atoms with van der Waals surface area (Å²) in [5.74, 6) is -0.629. The van der Waals surface area contributed by atoms with E-state index in [1.165, 1.54) is 6.07 Å². The third-order valence-electron chi connectivity index (χ3n) is 9.23. The first-order chi connectivity index (χ1) is 24.0. The van der Waals surface area contributed by atoms with Crippen molar-refractivity contribution in [2.75, 3.05) is 43.7 Å². The molecule has 1 amide bonds. The Bertz CT molecular complexity index is 1590. The molecule has 15 nitrogen and oxygen atoms in total. The highest BCUT2D eigenvalue weighted by Gasteiger charge is 2.53. The number of aliphatic hydroxyl groups is 4. The molecular formula is C34H43FN4O11. The number of ether oxygens (including phenoxy) is 5. The second kappa shape index (κ2) is 15.6. The number of nitrogens with zero attached hydrogens (tertiary/aromatic N) is 2. The number of morpholine rings is 1. The van der Waals surface area contributed by atoms with Crippen LogP contribution in [-0.4, -0.2) is 120 Å². The zero-order valence-electron chi connectivity index (χ0n) is 27.7. The Balaban J connectivity index is 1.00. The molecule has 3 saturated heterocycles. The van der Waals surface area contributed by atoms with Crippen LogP contribution in [0, 0.1) is 5.82 Å². The molecule has 7 N–H and O–H groups in total. The minimum atomic E-state index is -1.47. The second-order valence-electron chi connectivity index (χ2n) is 12.8. The lowest BCUT2D eigenvalue weighted by molar-refractivity contribution is -0.155. The van der Waals surface area contributed by atoms with Gasteiger partial charge in [-0.3, -0.25) is 4.79 Å². The highest BCUT2D eigenvalue weighted by Crippen LogP contribution is 2.32. The quantitative estimate of drug-likeness (QED) is 0.0860. The number of halogens is 1. The summed E-state index contributed by atoms with van der Waals surface area (Å²) in [6, 6.07) is 8.59. The van der Waals surface area contributed by atoms with Crippen molar-refractivity contribution in [2.24, 2.45) is 5.16 Å². The van der Waals surface area contributed by atoms with Gasteiger partial charge < -0.3 is 64.9 Å². The van der Waals surface area contributed by atoms with Gasteiger partial charge in [0.2, 0.25) is 12.2 Å². The van der Waals surface area contributed by atoms with Gasteiger partial charge >= 0.3 is 0 Å². The summed E-state index contributed by atoms with van der Waals surface area (Å²) < 4.78 is 42.4. The number of amides is 1. The van der Waals surface area contributed by atoms with Crippen molar-refractivity contribution >= 4 is 29.1 Å². The Hall–Kier alpha value is -3.87. The molecular weight excluding hydrogens is 659 g/mol. The maximum Gasteiger partial charge on any atom is 0.247 e. The number of hydrogen-bond acceptors (Lipinski definition) is 14. The van der Waals surface area contributed by atoms with E-state index < -0.39 is 61.0 Å². The molecule has 0 aromatic heterocycles. The fourth-order valence-electron chi connectivity index (χ4n) is 6.49. The number of benzene rings is 2. The molecule has 3 heterocycles. The van der Waals surface area contributed by atoms with Crippen LogP contribution in [0.15, 0.2) is 47.1 Å².